The topological polar surface area (TPSA) is 111 Å². The number of aliphatic hydroxyl groups is 1. The molecule has 2 aromatic carbocycles. The first-order valence-corrected chi connectivity index (χ1v) is 15.1. The van der Waals surface area contributed by atoms with Gasteiger partial charge in [-0.1, -0.05) is 80.3 Å². The number of halogens is 1. The van der Waals surface area contributed by atoms with Crippen molar-refractivity contribution in [3.63, 3.8) is 0 Å². The minimum Gasteiger partial charge on any atom is -1.00 e. The molecule has 0 bridgehead atoms. The first-order chi connectivity index (χ1) is 19.3. The summed E-state index contributed by atoms with van der Waals surface area (Å²) in [4.78, 5) is 39.5. The molecule has 43 heavy (non-hydrogen) atoms. The van der Waals surface area contributed by atoms with Crippen LogP contribution in [0.2, 0.25) is 0 Å². The fourth-order valence-electron chi connectivity index (χ4n) is 3.99. The third-order valence-corrected chi connectivity index (χ3v) is 7.28. The van der Waals surface area contributed by atoms with Gasteiger partial charge in [-0.15, -0.1) is 0 Å². The number of amides is 2. The number of rotatable bonds is 6. The van der Waals surface area contributed by atoms with E-state index in [2.05, 4.69) is 47.1 Å². The van der Waals surface area contributed by atoms with Gasteiger partial charge in [0.2, 0.25) is 0 Å². The molecule has 0 saturated carbocycles. The van der Waals surface area contributed by atoms with Gasteiger partial charge in [-0.2, -0.15) is 0 Å². The Labute approximate surface area is 297 Å². The fraction of sp³-hybridized carbons (Fsp3) is 0.516. The molecule has 233 valence electrons. The van der Waals surface area contributed by atoms with Gasteiger partial charge in [0.1, 0.15) is 6.04 Å². The SMILES string of the molecule is C.CCC(C)I.CCOC(=O)C1CN(C(=O)c2ccccc2)CCN1.O=C(c1ccccc1)N1CCNC(CO)C1.[B].[H-].[Na+]. The van der Waals surface area contributed by atoms with Crippen LogP contribution in [0.1, 0.15) is 56.8 Å². The Kier molecular flexibility index (Phi) is 25.2. The Morgan fingerprint density at radius 3 is 1.79 bits per heavy atom. The summed E-state index contributed by atoms with van der Waals surface area (Å²) < 4.78 is 5.83. The number of hydrogen-bond donors (Lipinski definition) is 3. The molecule has 3 radical (unpaired) electrons. The van der Waals surface area contributed by atoms with E-state index in [0.717, 1.165) is 10.5 Å². The van der Waals surface area contributed by atoms with E-state index < -0.39 is 6.04 Å². The Morgan fingerprint density at radius 2 is 1.37 bits per heavy atom. The van der Waals surface area contributed by atoms with Crippen LogP contribution in [0.5, 0.6) is 0 Å². The summed E-state index contributed by atoms with van der Waals surface area (Å²) in [5.41, 5.74) is 1.35. The van der Waals surface area contributed by atoms with Crippen LogP contribution in [0.3, 0.4) is 0 Å². The first kappa shape index (κ1) is 43.7. The second kappa shape index (κ2) is 24.8. The molecule has 3 atom stereocenters. The number of aliphatic hydroxyl groups excluding tert-OH is 1. The maximum Gasteiger partial charge on any atom is 1.00 e. The first-order valence-electron chi connectivity index (χ1n) is 13.9. The van der Waals surface area contributed by atoms with Crippen LogP contribution in [-0.2, 0) is 9.53 Å². The molecule has 2 aliphatic rings. The van der Waals surface area contributed by atoms with Crippen molar-refractivity contribution in [2.75, 3.05) is 52.5 Å². The van der Waals surface area contributed by atoms with E-state index in [1.165, 1.54) is 6.42 Å². The van der Waals surface area contributed by atoms with Gasteiger partial charge in [0, 0.05) is 68.8 Å². The number of benzene rings is 2. The summed E-state index contributed by atoms with van der Waals surface area (Å²) in [7, 11) is 0. The number of carbonyl (C=O) groups excluding carboxylic acids is 3. The van der Waals surface area contributed by atoms with Gasteiger partial charge in [-0.3, -0.25) is 14.4 Å². The molecular formula is C31H48BIN4NaO5. The van der Waals surface area contributed by atoms with Crippen LogP contribution in [0.25, 0.3) is 0 Å². The molecule has 2 amide bonds. The van der Waals surface area contributed by atoms with Gasteiger partial charge >= 0.3 is 35.5 Å². The smallest absolute Gasteiger partial charge is 1.00 e. The molecule has 4 rings (SSSR count). The van der Waals surface area contributed by atoms with Crippen molar-refractivity contribution in [1.29, 1.82) is 0 Å². The van der Waals surface area contributed by atoms with Gasteiger partial charge in [0.25, 0.3) is 11.8 Å². The molecule has 3 N–H and O–H groups in total. The third-order valence-electron chi connectivity index (χ3n) is 6.40. The summed E-state index contributed by atoms with van der Waals surface area (Å²) in [5, 5.41) is 15.3. The number of carbonyl (C=O) groups is 3. The molecule has 9 nitrogen and oxygen atoms in total. The number of ether oxygens (including phenoxy) is 1. The fourth-order valence-corrected chi connectivity index (χ4v) is 3.99. The second-order valence-corrected chi connectivity index (χ2v) is 11.6. The molecule has 2 fully saturated rings. The monoisotopic (exact) mass is 717 g/mol. The van der Waals surface area contributed by atoms with Crippen molar-refractivity contribution >= 4 is 48.8 Å². The second-order valence-electron chi connectivity index (χ2n) is 9.52. The molecular weight excluding hydrogens is 669 g/mol. The van der Waals surface area contributed by atoms with E-state index in [-0.39, 0.29) is 77.3 Å². The maximum absolute atomic E-state index is 12.3. The minimum atomic E-state index is -0.429. The van der Waals surface area contributed by atoms with Crippen LogP contribution in [0, 0.1) is 0 Å². The van der Waals surface area contributed by atoms with Crippen LogP contribution < -0.4 is 40.2 Å². The molecule has 2 aliphatic heterocycles. The zero-order chi connectivity index (χ0) is 29.3. The van der Waals surface area contributed by atoms with E-state index in [0.29, 0.717) is 50.5 Å². The third kappa shape index (κ3) is 15.9. The van der Waals surface area contributed by atoms with Crippen molar-refractivity contribution in [2.45, 2.75) is 50.6 Å². The van der Waals surface area contributed by atoms with Gasteiger partial charge in [-0.25, -0.2) is 0 Å². The molecule has 12 heteroatoms. The van der Waals surface area contributed by atoms with Crippen molar-refractivity contribution in [3.05, 3.63) is 71.8 Å². The van der Waals surface area contributed by atoms with Gasteiger partial charge < -0.3 is 31.7 Å². The molecule has 0 aliphatic carbocycles. The summed E-state index contributed by atoms with van der Waals surface area (Å²) in [5.74, 6) is -0.301. The summed E-state index contributed by atoms with van der Waals surface area (Å²) >= 11 is 2.41. The molecule has 3 unspecified atom stereocenters. The Balaban J connectivity index is -0.000000619. The van der Waals surface area contributed by atoms with Crippen LogP contribution in [0.15, 0.2) is 60.7 Å². The normalized spacial score (nSPS) is 17.9. The van der Waals surface area contributed by atoms with Crippen molar-refractivity contribution in [3.8, 4) is 0 Å². The predicted octanol–water partition coefficient (Wildman–Crippen LogP) is 0.348. The van der Waals surface area contributed by atoms with E-state index in [1.807, 2.05) is 48.5 Å². The average Bonchev–Trinajstić information content (AvgIpc) is 3.02. The maximum atomic E-state index is 12.3. The summed E-state index contributed by atoms with van der Waals surface area (Å²) in [6.45, 7) is 10.2. The standard InChI is InChI=1S/C14H18N2O3.C12H16N2O2.C4H9I.CH4.B.Na.H/c1-2-19-14(18)12-10-16(9-8-15-12)13(17)11-6-4-3-5-7-11;15-9-11-8-14(7-6-13-11)12(16)10-4-2-1-3-5-10;1-3-4(2)5;;;;/h3-7,12,15H,2,8-10H2,1H3;1-5,11,13,15H,6-9H2;4H,3H2,1-2H3;1H4;;;/q;;;;;+1;-1. The number of hydrogen-bond acceptors (Lipinski definition) is 7. The minimum absolute atomic E-state index is 0. The van der Waals surface area contributed by atoms with E-state index in [1.54, 1.807) is 28.9 Å². The Morgan fingerprint density at radius 1 is 0.930 bits per heavy atom. The predicted molar refractivity (Wildman–Crippen MR) is 179 cm³/mol. The number of nitrogens with one attached hydrogen (secondary N) is 2. The zero-order valence-corrected chi connectivity index (χ0v) is 29.5. The Hall–Kier alpha value is -1.48. The zero-order valence-electron chi connectivity index (χ0n) is 26.3. The van der Waals surface area contributed by atoms with Crippen molar-refractivity contribution < 1.29 is 55.2 Å². The van der Waals surface area contributed by atoms with Crippen molar-refractivity contribution in [2.24, 2.45) is 0 Å². The molecule has 0 spiro atoms. The van der Waals surface area contributed by atoms with Crippen LogP contribution in [0.4, 0.5) is 0 Å². The van der Waals surface area contributed by atoms with Crippen LogP contribution >= 0.6 is 22.6 Å². The summed E-state index contributed by atoms with van der Waals surface area (Å²) in [6.07, 6.45) is 1.29. The number of esters is 1. The molecule has 2 heterocycles. The number of nitrogens with zero attached hydrogens (tertiary/aromatic N) is 2. The van der Waals surface area contributed by atoms with E-state index in [9.17, 15) is 14.4 Å². The summed E-state index contributed by atoms with van der Waals surface area (Å²) in [6, 6.07) is 17.9. The van der Waals surface area contributed by atoms with Gasteiger partial charge in [0.05, 0.1) is 13.2 Å². The van der Waals surface area contributed by atoms with Crippen molar-refractivity contribution in [1.82, 2.24) is 20.4 Å². The molecule has 0 aromatic heterocycles. The van der Waals surface area contributed by atoms with E-state index in [4.69, 9.17) is 9.84 Å². The van der Waals surface area contributed by atoms with Crippen LogP contribution in [-0.4, -0.2) is 110 Å². The number of alkyl halides is 1. The van der Waals surface area contributed by atoms with E-state index >= 15 is 0 Å². The van der Waals surface area contributed by atoms with Gasteiger partial charge in [0.15, 0.2) is 0 Å². The van der Waals surface area contributed by atoms with Gasteiger partial charge in [-0.05, 0) is 37.6 Å². The molecule has 2 saturated heterocycles. The largest absolute Gasteiger partial charge is 1.00 e. The quantitative estimate of drug-likeness (QED) is 0.171. The average molecular weight is 717 g/mol. The molecule has 2 aromatic rings. The Bertz CT molecular complexity index is 1050. The number of piperazine rings is 2.